The summed E-state index contributed by atoms with van der Waals surface area (Å²) in [6.45, 7) is 12.8. The maximum Gasteiger partial charge on any atom is 0.126 e. The average Bonchev–Trinajstić information content (AvgIpc) is 2.68. The van der Waals surface area contributed by atoms with Gasteiger partial charge in [-0.1, -0.05) is 126 Å². The summed E-state index contributed by atoms with van der Waals surface area (Å²) in [6, 6.07) is 29.8. The number of rotatable bonds is 4. The van der Waals surface area contributed by atoms with Gasteiger partial charge in [-0.2, -0.15) is 0 Å². The van der Waals surface area contributed by atoms with Gasteiger partial charge in [0, 0.05) is 15.6 Å². The fraction of sp³-hybridized carbons (Fsp3) is 0.308. The van der Waals surface area contributed by atoms with Gasteiger partial charge in [-0.05, 0) is 23.8 Å². The molecule has 0 amide bonds. The van der Waals surface area contributed by atoms with Crippen LogP contribution in [0.2, 0.25) is 0 Å². The summed E-state index contributed by atoms with van der Waals surface area (Å²) >= 11 is 0. The molecular formula is C26H32OP2. The first kappa shape index (κ1) is 22.0. The van der Waals surface area contributed by atoms with Crippen LogP contribution < -0.4 is 21.2 Å². The monoisotopic (exact) mass is 422 g/mol. The van der Waals surface area contributed by atoms with E-state index in [2.05, 4.69) is 120 Å². The van der Waals surface area contributed by atoms with Gasteiger partial charge in [-0.15, -0.1) is 0 Å². The minimum atomic E-state index is -2.76. The molecule has 0 radical (unpaired) electrons. The topological polar surface area (TPSA) is 17.1 Å². The second-order valence-corrected chi connectivity index (χ2v) is 16.0. The third-order valence-electron chi connectivity index (χ3n) is 5.38. The van der Waals surface area contributed by atoms with Crippen LogP contribution in [0.25, 0.3) is 0 Å². The van der Waals surface area contributed by atoms with E-state index in [1.807, 2.05) is 6.07 Å². The van der Waals surface area contributed by atoms with Crippen LogP contribution in [0.3, 0.4) is 0 Å². The minimum absolute atomic E-state index is 0.324. The van der Waals surface area contributed by atoms with E-state index in [-0.39, 0.29) is 10.3 Å². The van der Waals surface area contributed by atoms with Gasteiger partial charge in [0.05, 0.1) is 0 Å². The second-order valence-electron chi connectivity index (χ2n) is 9.45. The van der Waals surface area contributed by atoms with E-state index in [1.165, 1.54) is 15.9 Å². The summed E-state index contributed by atoms with van der Waals surface area (Å²) in [4.78, 5) is 0. The summed E-state index contributed by atoms with van der Waals surface area (Å²) < 4.78 is 14.9. The summed E-state index contributed by atoms with van der Waals surface area (Å²) in [5.41, 5.74) is 0. The Labute approximate surface area is 177 Å². The first-order valence-electron chi connectivity index (χ1n) is 10.2. The number of hydrogen-bond donors (Lipinski definition) is 0. The zero-order valence-corrected chi connectivity index (χ0v) is 20.2. The quantitative estimate of drug-likeness (QED) is 0.469. The van der Waals surface area contributed by atoms with Crippen molar-refractivity contribution in [3.05, 3.63) is 84.9 Å². The van der Waals surface area contributed by atoms with Crippen LogP contribution in [0.1, 0.15) is 41.5 Å². The SMILES string of the molecule is CC(C)(C)P(=O)(c1ccccc1P(c1ccccc1)c1ccccc1)C(C)(C)C. The van der Waals surface area contributed by atoms with Crippen molar-refractivity contribution in [2.45, 2.75) is 51.9 Å². The molecule has 0 saturated heterocycles. The molecule has 0 saturated carbocycles. The molecule has 0 heterocycles. The lowest BCUT2D eigenvalue weighted by molar-refractivity contribution is 0.528. The van der Waals surface area contributed by atoms with Crippen LogP contribution in [0.4, 0.5) is 0 Å². The number of benzene rings is 3. The molecule has 1 nitrogen and oxygen atoms in total. The van der Waals surface area contributed by atoms with Crippen LogP contribution in [-0.2, 0) is 4.57 Å². The third kappa shape index (κ3) is 4.14. The van der Waals surface area contributed by atoms with Crippen molar-refractivity contribution in [2.75, 3.05) is 0 Å². The van der Waals surface area contributed by atoms with Gasteiger partial charge in [-0.3, -0.25) is 0 Å². The maximum absolute atomic E-state index is 14.9. The molecule has 3 aromatic carbocycles. The molecule has 0 aliphatic rings. The van der Waals surface area contributed by atoms with Crippen LogP contribution >= 0.6 is 15.1 Å². The highest BCUT2D eigenvalue weighted by Crippen LogP contribution is 2.66. The van der Waals surface area contributed by atoms with E-state index in [1.54, 1.807) is 0 Å². The zero-order valence-electron chi connectivity index (χ0n) is 18.4. The Kier molecular flexibility index (Phi) is 6.24. The molecule has 0 unspecified atom stereocenters. The van der Waals surface area contributed by atoms with Gasteiger partial charge in [0.15, 0.2) is 0 Å². The smallest absolute Gasteiger partial charge is 0.126 e. The van der Waals surface area contributed by atoms with Gasteiger partial charge >= 0.3 is 0 Å². The van der Waals surface area contributed by atoms with Crippen molar-refractivity contribution in [1.82, 2.24) is 0 Å². The lowest BCUT2D eigenvalue weighted by Gasteiger charge is -2.43. The van der Waals surface area contributed by atoms with E-state index in [0.717, 1.165) is 5.30 Å². The van der Waals surface area contributed by atoms with Gasteiger partial charge in [0.2, 0.25) is 0 Å². The zero-order chi connectivity index (χ0) is 21.3. The summed E-state index contributed by atoms with van der Waals surface area (Å²) in [5.74, 6) is 0. The predicted molar refractivity (Wildman–Crippen MR) is 132 cm³/mol. The fourth-order valence-corrected chi connectivity index (χ4v) is 11.4. The molecule has 0 aromatic heterocycles. The first-order valence-corrected chi connectivity index (χ1v) is 13.2. The Morgan fingerprint density at radius 1 is 0.586 bits per heavy atom. The number of hydrogen-bond acceptors (Lipinski definition) is 1. The van der Waals surface area contributed by atoms with Gasteiger partial charge in [0.1, 0.15) is 7.14 Å². The molecule has 29 heavy (non-hydrogen) atoms. The fourth-order valence-electron chi connectivity index (χ4n) is 4.23. The molecular weight excluding hydrogens is 390 g/mol. The van der Waals surface area contributed by atoms with Crippen molar-refractivity contribution >= 4 is 36.3 Å². The molecule has 0 N–H and O–H groups in total. The van der Waals surface area contributed by atoms with E-state index >= 15 is 0 Å². The Hall–Kier alpha value is -1.68. The van der Waals surface area contributed by atoms with Gasteiger partial charge in [-0.25, -0.2) is 0 Å². The van der Waals surface area contributed by atoms with Crippen LogP contribution in [0.5, 0.6) is 0 Å². The van der Waals surface area contributed by atoms with Crippen LogP contribution in [0, 0.1) is 0 Å². The molecule has 3 heteroatoms. The van der Waals surface area contributed by atoms with Gasteiger partial charge < -0.3 is 4.57 Å². The second kappa shape index (κ2) is 8.22. The van der Waals surface area contributed by atoms with E-state index in [0.29, 0.717) is 0 Å². The lowest BCUT2D eigenvalue weighted by atomic mass is 10.2. The van der Waals surface area contributed by atoms with Gasteiger partial charge in [0.25, 0.3) is 0 Å². The highest BCUT2D eigenvalue weighted by molar-refractivity contribution is 7.83. The molecule has 152 valence electrons. The Bertz CT molecular complexity index is 939. The molecule has 0 bridgehead atoms. The minimum Gasteiger partial charge on any atom is -0.318 e. The van der Waals surface area contributed by atoms with E-state index in [4.69, 9.17) is 0 Å². The molecule has 0 aliphatic carbocycles. The molecule has 3 aromatic rings. The summed E-state index contributed by atoms with van der Waals surface area (Å²) in [5, 5.41) is 4.18. The normalized spacial score (nSPS) is 12.9. The third-order valence-corrected chi connectivity index (χ3v) is 12.9. The molecule has 0 spiro atoms. The molecule has 0 atom stereocenters. The van der Waals surface area contributed by atoms with Crippen molar-refractivity contribution in [3.8, 4) is 0 Å². The van der Waals surface area contributed by atoms with Crippen molar-refractivity contribution in [1.29, 1.82) is 0 Å². The maximum atomic E-state index is 14.9. The van der Waals surface area contributed by atoms with Crippen molar-refractivity contribution in [3.63, 3.8) is 0 Å². The highest BCUT2D eigenvalue weighted by atomic mass is 31.2. The van der Waals surface area contributed by atoms with Crippen molar-refractivity contribution < 1.29 is 4.57 Å². The Balaban J connectivity index is 2.35. The van der Waals surface area contributed by atoms with Crippen LogP contribution in [0.15, 0.2) is 84.9 Å². The average molecular weight is 422 g/mol. The summed E-state index contributed by atoms with van der Waals surface area (Å²) in [7, 11) is -3.55. The standard InChI is InChI=1S/C26H32OP2/c1-25(2,3)29(27,26(4,5)6)24-20-14-13-19-23(24)28(21-15-9-7-10-16-21)22-17-11-8-12-18-22/h7-20H,1-6H3. The molecule has 0 fully saturated rings. The first-order chi connectivity index (χ1) is 13.6. The van der Waals surface area contributed by atoms with E-state index < -0.39 is 15.1 Å². The highest BCUT2D eigenvalue weighted by Gasteiger charge is 2.48. The largest absolute Gasteiger partial charge is 0.318 e. The lowest BCUT2D eigenvalue weighted by Crippen LogP contribution is -2.41. The summed E-state index contributed by atoms with van der Waals surface area (Å²) in [6.07, 6.45) is 0. The predicted octanol–water partition coefficient (Wildman–Crippen LogP) is 6.03. The molecule has 0 aliphatic heterocycles. The Morgan fingerprint density at radius 2 is 0.966 bits per heavy atom. The molecule has 3 rings (SSSR count). The van der Waals surface area contributed by atoms with Crippen LogP contribution in [-0.4, -0.2) is 10.3 Å². The Morgan fingerprint density at radius 3 is 1.38 bits per heavy atom. The van der Waals surface area contributed by atoms with Crippen molar-refractivity contribution in [2.24, 2.45) is 0 Å². The van der Waals surface area contributed by atoms with E-state index in [9.17, 15) is 4.57 Å².